The lowest BCUT2D eigenvalue weighted by molar-refractivity contribution is 0.337. The van der Waals surface area contributed by atoms with Crippen LogP contribution in [0.4, 0.5) is 5.69 Å². The van der Waals surface area contributed by atoms with Gasteiger partial charge in [0, 0.05) is 41.4 Å². The van der Waals surface area contributed by atoms with Crippen LogP contribution in [0.1, 0.15) is 77.5 Å². The number of pyridine rings is 1. The number of thioether (sulfide) groups is 1. The van der Waals surface area contributed by atoms with Crippen molar-refractivity contribution in [1.29, 1.82) is 0 Å². The van der Waals surface area contributed by atoms with Gasteiger partial charge in [-0.05, 0) is 92.0 Å². The van der Waals surface area contributed by atoms with Crippen LogP contribution in [0, 0.1) is 5.41 Å². The van der Waals surface area contributed by atoms with Crippen LogP contribution < -0.4 is 4.90 Å². The van der Waals surface area contributed by atoms with E-state index in [0.717, 1.165) is 44.6 Å². The monoisotopic (exact) mass is 489 g/mol. The molecule has 1 fully saturated rings. The van der Waals surface area contributed by atoms with E-state index < -0.39 is 0 Å². The molecule has 3 nitrogen and oxygen atoms in total. The number of hydrogen-bond acceptors (Lipinski definition) is 3. The maximum Gasteiger partial charge on any atom is 0.0639 e. The van der Waals surface area contributed by atoms with Gasteiger partial charge in [0.05, 0.1) is 17.3 Å². The summed E-state index contributed by atoms with van der Waals surface area (Å²) in [6.45, 7) is 17.8. The molecule has 1 saturated heterocycles. The number of anilines is 1. The topological polar surface area (TPSA) is 21.1 Å². The first-order valence-corrected chi connectivity index (χ1v) is 14.6. The molecule has 1 aliphatic rings. The van der Waals surface area contributed by atoms with Crippen molar-refractivity contribution in [3.05, 3.63) is 60.4 Å². The fourth-order valence-corrected chi connectivity index (χ4v) is 6.45. The Morgan fingerprint density at radius 3 is 2.74 bits per heavy atom. The molecule has 3 heterocycles. The number of aryl methyl sites for hydroxylation is 1. The average molecular weight is 490 g/mol. The summed E-state index contributed by atoms with van der Waals surface area (Å²) in [5, 5.41) is 1.42. The summed E-state index contributed by atoms with van der Waals surface area (Å²) < 4.78 is 2.55. The van der Waals surface area contributed by atoms with Crippen LogP contribution in [0.2, 0.25) is 0 Å². The van der Waals surface area contributed by atoms with Gasteiger partial charge in [-0.15, -0.1) is 18.3 Å². The molecular formula is C31H43N3S. The molecule has 0 spiro atoms. The summed E-state index contributed by atoms with van der Waals surface area (Å²) in [6.07, 6.45) is 9.62. The Morgan fingerprint density at radius 1 is 1.23 bits per heavy atom. The highest BCUT2D eigenvalue weighted by atomic mass is 32.2. The zero-order chi connectivity index (χ0) is 25.0. The smallest absolute Gasteiger partial charge is 0.0639 e. The van der Waals surface area contributed by atoms with Crippen LogP contribution in [-0.4, -0.2) is 27.7 Å². The fourth-order valence-electron chi connectivity index (χ4n) is 5.49. The Balaban J connectivity index is 1.96. The van der Waals surface area contributed by atoms with Crippen molar-refractivity contribution in [3.63, 3.8) is 0 Å². The van der Waals surface area contributed by atoms with Crippen molar-refractivity contribution < 1.29 is 0 Å². The molecule has 1 atom stereocenters. The van der Waals surface area contributed by atoms with E-state index in [0.29, 0.717) is 5.92 Å². The average Bonchev–Trinajstić information content (AvgIpc) is 3.19. The highest BCUT2D eigenvalue weighted by Gasteiger charge is 2.27. The lowest BCUT2D eigenvalue weighted by Crippen LogP contribution is -2.28. The molecular weight excluding hydrogens is 446 g/mol. The van der Waals surface area contributed by atoms with Gasteiger partial charge in [0.1, 0.15) is 0 Å². The Hall–Kier alpha value is -2.20. The Morgan fingerprint density at radius 2 is 2.06 bits per heavy atom. The third kappa shape index (κ3) is 5.48. The first kappa shape index (κ1) is 25.9. The maximum atomic E-state index is 4.91. The van der Waals surface area contributed by atoms with Gasteiger partial charge < -0.3 is 9.47 Å². The standard InChI is InChI=1S/C31H43N3S/c1-7-10-16-31(5,6)21-27-26-20-24(33-18-12-19-35-22-33)14-15-28(26)34(9-3)30(27)25-13-11-17-32-29(25)23(4)8-2/h7,11,13-15,17,20,23H,1,8-10,12,16,18-19,21-22H2,2-6H3. The van der Waals surface area contributed by atoms with E-state index in [1.165, 1.54) is 51.3 Å². The summed E-state index contributed by atoms with van der Waals surface area (Å²) in [6, 6.07) is 11.6. The van der Waals surface area contributed by atoms with E-state index >= 15 is 0 Å². The molecule has 1 aromatic carbocycles. The van der Waals surface area contributed by atoms with E-state index in [4.69, 9.17) is 4.98 Å². The minimum absolute atomic E-state index is 0.186. The Kier molecular flexibility index (Phi) is 8.31. The summed E-state index contributed by atoms with van der Waals surface area (Å²) in [5.41, 5.74) is 8.30. The quantitative estimate of drug-likeness (QED) is 0.266. The molecule has 188 valence electrons. The highest BCUT2D eigenvalue weighted by molar-refractivity contribution is 7.99. The van der Waals surface area contributed by atoms with Crippen LogP contribution >= 0.6 is 11.8 Å². The molecule has 0 saturated carbocycles. The SMILES string of the molecule is C=CCCC(C)(C)Cc1c(-c2cccnc2C(C)CC)n(CC)c2ccc(N3CCCSC3)cc12. The van der Waals surface area contributed by atoms with Crippen molar-refractivity contribution in [1.82, 2.24) is 9.55 Å². The molecule has 1 aliphatic heterocycles. The van der Waals surface area contributed by atoms with Crippen molar-refractivity contribution >= 4 is 28.4 Å². The molecule has 4 heteroatoms. The largest absolute Gasteiger partial charge is 0.362 e. The van der Waals surface area contributed by atoms with E-state index in [-0.39, 0.29) is 5.41 Å². The van der Waals surface area contributed by atoms with Crippen LogP contribution in [0.3, 0.4) is 0 Å². The Bertz CT molecular complexity index is 1150. The van der Waals surface area contributed by atoms with Crippen molar-refractivity contribution in [2.75, 3.05) is 23.1 Å². The fraction of sp³-hybridized carbons (Fsp3) is 0.516. The second kappa shape index (κ2) is 11.2. The van der Waals surface area contributed by atoms with Gasteiger partial charge in [0.15, 0.2) is 0 Å². The molecule has 3 aromatic rings. The number of fused-ring (bicyclic) bond motifs is 1. The predicted octanol–water partition coefficient (Wildman–Crippen LogP) is 8.67. The van der Waals surface area contributed by atoms with Crippen molar-refractivity contribution in [3.8, 4) is 11.3 Å². The first-order chi connectivity index (χ1) is 16.9. The minimum atomic E-state index is 0.186. The zero-order valence-corrected chi connectivity index (χ0v) is 23.3. The van der Waals surface area contributed by atoms with Gasteiger partial charge in [-0.3, -0.25) is 4.98 Å². The normalized spacial score (nSPS) is 15.5. The number of allylic oxidation sites excluding steroid dienone is 1. The highest BCUT2D eigenvalue weighted by Crippen LogP contribution is 2.42. The number of benzene rings is 1. The van der Waals surface area contributed by atoms with Gasteiger partial charge in [0.25, 0.3) is 0 Å². The predicted molar refractivity (Wildman–Crippen MR) is 156 cm³/mol. The summed E-state index contributed by atoms with van der Waals surface area (Å²) in [7, 11) is 0. The van der Waals surface area contributed by atoms with Crippen LogP contribution in [0.15, 0.2) is 49.2 Å². The van der Waals surface area contributed by atoms with E-state index in [9.17, 15) is 0 Å². The number of rotatable bonds is 10. The lowest BCUT2D eigenvalue weighted by atomic mass is 9.80. The molecule has 0 N–H and O–H groups in total. The Labute approximate surface area is 217 Å². The minimum Gasteiger partial charge on any atom is -0.362 e. The molecule has 0 aliphatic carbocycles. The second-order valence-corrected chi connectivity index (χ2v) is 11.9. The first-order valence-electron chi connectivity index (χ1n) is 13.4. The maximum absolute atomic E-state index is 4.91. The number of nitrogens with zero attached hydrogens (tertiary/aromatic N) is 3. The van der Waals surface area contributed by atoms with Gasteiger partial charge >= 0.3 is 0 Å². The van der Waals surface area contributed by atoms with Gasteiger partial charge in [-0.2, -0.15) is 0 Å². The van der Waals surface area contributed by atoms with Gasteiger partial charge in [0.2, 0.25) is 0 Å². The third-order valence-corrected chi connectivity index (χ3v) is 8.72. The molecule has 0 bridgehead atoms. The van der Waals surface area contributed by atoms with Crippen LogP contribution in [0.25, 0.3) is 22.2 Å². The van der Waals surface area contributed by atoms with E-state index in [1.54, 1.807) is 0 Å². The second-order valence-electron chi connectivity index (χ2n) is 10.8. The summed E-state index contributed by atoms with van der Waals surface area (Å²) >= 11 is 2.05. The third-order valence-electron chi connectivity index (χ3n) is 7.65. The molecule has 0 radical (unpaired) electrons. The van der Waals surface area contributed by atoms with E-state index in [2.05, 4.69) is 87.1 Å². The number of aromatic nitrogens is 2. The van der Waals surface area contributed by atoms with Crippen LogP contribution in [-0.2, 0) is 13.0 Å². The van der Waals surface area contributed by atoms with Crippen LogP contribution in [0.5, 0.6) is 0 Å². The molecule has 1 unspecified atom stereocenters. The summed E-state index contributed by atoms with van der Waals surface area (Å²) in [4.78, 5) is 7.47. The lowest BCUT2D eigenvalue weighted by Gasteiger charge is -2.28. The van der Waals surface area contributed by atoms with Crippen molar-refractivity contribution in [2.45, 2.75) is 79.2 Å². The van der Waals surface area contributed by atoms with Crippen molar-refractivity contribution in [2.24, 2.45) is 5.41 Å². The van der Waals surface area contributed by atoms with E-state index in [1.807, 2.05) is 18.0 Å². The number of hydrogen-bond donors (Lipinski definition) is 0. The molecule has 2 aromatic heterocycles. The summed E-state index contributed by atoms with van der Waals surface area (Å²) in [5.74, 6) is 2.79. The molecule has 0 amide bonds. The molecule has 4 rings (SSSR count). The van der Waals surface area contributed by atoms with Gasteiger partial charge in [-0.1, -0.05) is 33.8 Å². The molecule has 35 heavy (non-hydrogen) atoms. The van der Waals surface area contributed by atoms with Gasteiger partial charge in [-0.25, -0.2) is 0 Å². The zero-order valence-electron chi connectivity index (χ0n) is 22.4.